The standard InChI is InChI=1S/C18H19N5O3/c1-10-8-16(24)26-15-7-11(2)14(9-13(10)15)19-18(25)12-5-3-4-6-23-17(12)20-21-22-23/h7-9,12H,3-6H2,1-2H3,(H,19,25)/t12-/m1/s1. The molecule has 0 saturated heterocycles. The first-order valence-electron chi connectivity index (χ1n) is 8.65. The molecule has 1 aliphatic rings. The number of hydrogen-bond donors (Lipinski definition) is 1. The Labute approximate surface area is 149 Å². The lowest BCUT2D eigenvalue weighted by molar-refractivity contribution is -0.117. The lowest BCUT2D eigenvalue weighted by atomic mass is 10.0. The highest BCUT2D eigenvalue weighted by molar-refractivity contribution is 5.98. The molecule has 1 N–H and O–H groups in total. The molecule has 8 heteroatoms. The summed E-state index contributed by atoms with van der Waals surface area (Å²) >= 11 is 0. The second-order valence-corrected chi connectivity index (χ2v) is 6.71. The number of rotatable bonds is 2. The van der Waals surface area contributed by atoms with Crippen LogP contribution in [0.2, 0.25) is 0 Å². The van der Waals surface area contributed by atoms with Crippen molar-refractivity contribution in [2.45, 2.75) is 45.6 Å². The number of anilines is 1. The molecule has 1 amide bonds. The molecule has 134 valence electrons. The summed E-state index contributed by atoms with van der Waals surface area (Å²) in [4.78, 5) is 24.5. The minimum atomic E-state index is -0.378. The van der Waals surface area contributed by atoms with Crippen LogP contribution in [0.25, 0.3) is 11.0 Å². The zero-order chi connectivity index (χ0) is 18.3. The molecule has 0 radical (unpaired) electrons. The van der Waals surface area contributed by atoms with Crippen molar-refractivity contribution in [2.75, 3.05) is 5.32 Å². The second-order valence-electron chi connectivity index (χ2n) is 6.71. The summed E-state index contributed by atoms with van der Waals surface area (Å²) in [6, 6.07) is 5.07. The third-order valence-electron chi connectivity index (χ3n) is 4.85. The molecule has 3 aromatic rings. The van der Waals surface area contributed by atoms with Crippen molar-refractivity contribution >= 4 is 22.6 Å². The average molecular weight is 353 g/mol. The van der Waals surface area contributed by atoms with E-state index in [9.17, 15) is 9.59 Å². The van der Waals surface area contributed by atoms with Crippen LogP contribution in [0.1, 0.15) is 42.1 Å². The number of fused-ring (bicyclic) bond motifs is 2. The van der Waals surface area contributed by atoms with E-state index in [0.717, 1.165) is 35.9 Å². The number of aryl methyl sites for hydroxylation is 3. The van der Waals surface area contributed by atoms with Gasteiger partial charge in [0.15, 0.2) is 5.82 Å². The zero-order valence-electron chi connectivity index (χ0n) is 14.7. The first-order chi connectivity index (χ1) is 12.5. The van der Waals surface area contributed by atoms with Gasteiger partial charge in [0, 0.05) is 23.7 Å². The zero-order valence-corrected chi connectivity index (χ0v) is 14.7. The highest BCUT2D eigenvalue weighted by Gasteiger charge is 2.28. The molecule has 8 nitrogen and oxygen atoms in total. The molecule has 0 saturated carbocycles. The van der Waals surface area contributed by atoms with E-state index in [1.807, 2.05) is 19.9 Å². The summed E-state index contributed by atoms with van der Waals surface area (Å²) in [6.07, 6.45) is 2.60. The lowest BCUT2D eigenvalue weighted by Gasteiger charge is -2.15. The molecular formula is C18H19N5O3. The Balaban J connectivity index is 1.68. The summed E-state index contributed by atoms with van der Waals surface area (Å²) < 4.78 is 6.97. The molecule has 0 bridgehead atoms. The molecule has 0 spiro atoms. The molecule has 4 rings (SSSR count). The molecule has 3 heterocycles. The van der Waals surface area contributed by atoms with Crippen LogP contribution in [0.15, 0.2) is 27.4 Å². The van der Waals surface area contributed by atoms with Crippen molar-refractivity contribution in [3.63, 3.8) is 0 Å². The van der Waals surface area contributed by atoms with Crippen LogP contribution in [0.4, 0.5) is 5.69 Å². The van der Waals surface area contributed by atoms with E-state index < -0.39 is 0 Å². The largest absolute Gasteiger partial charge is 0.423 e. The van der Waals surface area contributed by atoms with Gasteiger partial charge in [0.05, 0.1) is 5.92 Å². The number of carbonyl (C=O) groups excluding carboxylic acids is 1. The number of tetrazole rings is 1. The van der Waals surface area contributed by atoms with Gasteiger partial charge in [0.2, 0.25) is 5.91 Å². The molecule has 26 heavy (non-hydrogen) atoms. The molecule has 0 unspecified atom stereocenters. The average Bonchev–Trinajstić information content (AvgIpc) is 2.95. The Bertz CT molecular complexity index is 1050. The SMILES string of the molecule is Cc1cc2oc(=O)cc(C)c2cc1NC(=O)[C@@H]1CCCCn2nnnc21. The number of nitrogens with one attached hydrogen (secondary N) is 1. The monoisotopic (exact) mass is 353 g/mol. The maximum atomic E-state index is 12.9. The third-order valence-corrected chi connectivity index (χ3v) is 4.85. The highest BCUT2D eigenvalue weighted by Crippen LogP contribution is 2.29. The number of aromatic nitrogens is 4. The van der Waals surface area contributed by atoms with E-state index >= 15 is 0 Å². The van der Waals surface area contributed by atoms with E-state index in [2.05, 4.69) is 20.8 Å². The Morgan fingerprint density at radius 3 is 2.92 bits per heavy atom. The summed E-state index contributed by atoms with van der Waals surface area (Å²) in [5.41, 5.74) is 2.47. The van der Waals surface area contributed by atoms with Crippen LogP contribution in [-0.4, -0.2) is 26.1 Å². The molecule has 1 atom stereocenters. The molecule has 1 aliphatic heterocycles. The fourth-order valence-corrected chi connectivity index (χ4v) is 3.43. The molecule has 1 aromatic carbocycles. The van der Waals surface area contributed by atoms with Crippen LogP contribution in [0.3, 0.4) is 0 Å². The fraction of sp³-hybridized carbons (Fsp3) is 0.389. The first-order valence-corrected chi connectivity index (χ1v) is 8.65. The van der Waals surface area contributed by atoms with E-state index in [4.69, 9.17) is 4.42 Å². The first kappa shape index (κ1) is 16.4. The van der Waals surface area contributed by atoms with Gasteiger partial charge >= 0.3 is 5.63 Å². The maximum absolute atomic E-state index is 12.9. The lowest BCUT2D eigenvalue weighted by Crippen LogP contribution is -2.23. The second kappa shape index (κ2) is 6.36. The number of benzene rings is 1. The topological polar surface area (TPSA) is 103 Å². The Morgan fingerprint density at radius 2 is 2.08 bits per heavy atom. The fourth-order valence-electron chi connectivity index (χ4n) is 3.43. The molecule has 2 aromatic heterocycles. The highest BCUT2D eigenvalue weighted by atomic mass is 16.4. The van der Waals surface area contributed by atoms with Crippen molar-refractivity contribution < 1.29 is 9.21 Å². The Morgan fingerprint density at radius 1 is 1.23 bits per heavy atom. The van der Waals surface area contributed by atoms with Gasteiger partial charge in [0.25, 0.3) is 0 Å². The van der Waals surface area contributed by atoms with Crippen molar-refractivity contribution in [1.82, 2.24) is 20.2 Å². The molecular weight excluding hydrogens is 334 g/mol. The van der Waals surface area contributed by atoms with Crippen LogP contribution < -0.4 is 10.9 Å². The number of nitrogens with zero attached hydrogens (tertiary/aromatic N) is 4. The van der Waals surface area contributed by atoms with Crippen LogP contribution in [0, 0.1) is 13.8 Å². The predicted octanol–water partition coefficient (Wildman–Crippen LogP) is 2.30. The van der Waals surface area contributed by atoms with Gasteiger partial charge in [-0.3, -0.25) is 4.79 Å². The van der Waals surface area contributed by atoms with E-state index in [0.29, 0.717) is 23.5 Å². The van der Waals surface area contributed by atoms with Crippen molar-refractivity contribution in [3.8, 4) is 0 Å². The van der Waals surface area contributed by atoms with Gasteiger partial charge in [-0.25, -0.2) is 9.48 Å². The number of carbonyl (C=O) groups is 1. The van der Waals surface area contributed by atoms with Crippen molar-refractivity contribution in [2.24, 2.45) is 0 Å². The summed E-state index contributed by atoms with van der Waals surface area (Å²) in [5, 5.41) is 15.5. The van der Waals surface area contributed by atoms with Gasteiger partial charge in [-0.05, 0) is 60.4 Å². The van der Waals surface area contributed by atoms with Crippen LogP contribution in [-0.2, 0) is 11.3 Å². The Kier molecular flexibility index (Phi) is 4.02. The van der Waals surface area contributed by atoms with Gasteiger partial charge in [-0.15, -0.1) is 5.10 Å². The van der Waals surface area contributed by atoms with E-state index in [1.165, 1.54) is 6.07 Å². The summed E-state index contributed by atoms with van der Waals surface area (Å²) in [5.74, 6) is 0.110. The van der Waals surface area contributed by atoms with Gasteiger partial charge in [0.1, 0.15) is 5.58 Å². The van der Waals surface area contributed by atoms with Crippen molar-refractivity contribution in [3.05, 3.63) is 45.6 Å². The normalized spacial score (nSPS) is 16.9. The van der Waals surface area contributed by atoms with Crippen LogP contribution in [0.5, 0.6) is 0 Å². The minimum Gasteiger partial charge on any atom is -0.423 e. The Hall–Kier alpha value is -3.03. The maximum Gasteiger partial charge on any atom is 0.336 e. The molecule has 0 aliphatic carbocycles. The van der Waals surface area contributed by atoms with Crippen LogP contribution >= 0.6 is 0 Å². The predicted molar refractivity (Wildman–Crippen MR) is 95.0 cm³/mol. The van der Waals surface area contributed by atoms with Gasteiger partial charge < -0.3 is 9.73 Å². The summed E-state index contributed by atoms with van der Waals surface area (Å²) in [7, 11) is 0. The smallest absolute Gasteiger partial charge is 0.336 e. The van der Waals surface area contributed by atoms with Gasteiger partial charge in [-0.2, -0.15) is 0 Å². The third kappa shape index (κ3) is 2.87. The quantitative estimate of drug-likeness (QED) is 0.709. The number of hydrogen-bond acceptors (Lipinski definition) is 6. The minimum absolute atomic E-state index is 0.125. The van der Waals surface area contributed by atoms with Gasteiger partial charge in [-0.1, -0.05) is 6.42 Å². The molecule has 0 fully saturated rings. The summed E-state index contributed by atoms with van der Waals surface area (Å²) in [6.45, 7) is 4.45. The van der Waals surface area contributed by atoms with E-state index in [-0.39, 0.29) is 17.5 Å². The van der Waals surface area contributed by atoms with E-state index in [1.54, 1.807) is 10.7 Å². The number of amides is 1. The van der Waals surface area contributed by atoms with Crippen molar-refractivity contribution in [1.29, 1.82) is 0 Å².